The van der Waals surface area contributed by atoms with E-state index in [1.807, 2.05) is 13.8 Å². The number of nitrogens with two attached hydrogens (primary N) is 1. The van der Waals surface area contributed by atoms with Gasteiger partial charge in [-0.05, 0) is 25.2 Å². The van der Waals surface area contributed by atoms with Gasteiger partial charge in [-0.1, -0.05) is 59.3 Å². The van der Waals surface area contributed by atoms with Gasteiger partial charge in [0.1, 0.15) is 12.2 Å². The Balaban J connectivity index is 0.000000260. The quantitative estimate of drug-likeness (QED) is 0.537. The smallest absolute Gasteiger partial charge is 0.409 e. The molecule has 194 valence electrons. The van der Waals surface area contributed by atoms with Crippen LogP contribution in [0.25, 0.3) is 0 Å². The molecule has 4 aliphatic rings. The molecule has 0 aromatic heterocycles. The second kappa shape index (κ2) is 17.1. The molecule has 2 amide bonds. The minimum Gasteiger partial charge on any atom is -0.453 e. The van der Waals surface area contributed by atoms with Crippen molar-refractivity contribution in [2.24, 2.45) is 17.6 Å². The Morgan fingerprint density at radius 1 is 1.03 bits per heavy atom. The van der Waals surface area contributed by atoms with Gasteiger partial charge in [-0.25, -0.2) is 9.18 Å². The zero-order valence-electron chi connectivity index (χ0n) is 21.1. The Labute approximate surface area is 199 Å². The van der Waals surface area contributed by atoms with Gasteiger partial charge in [-0.3, -0.25) is 9.63 Å². The topological polar surface area (TPSA) is 106 Å². The molecule has 0 radical (unpaired) electrons. The van der Waals surface area contributed by atoms with Crippen LogP contribution >= 0.6 is 0 Å². The zero-order chi connectivity index (χ0) is 24.6. The molecule has 4 rings (SSSR count). The summed E-state index contributed by atoms with van der Waals surface area (Å²) in [6, 6.07) is -0.546. The summed E-state index contributed by atoms with van der Waals surface area (Å²) in [6.07, 6.45) is 9.65. The minimum atomic E-state index is -0.866. The molecular weight excluding hydrogens is 427 g/mol. The average molecular weight is 475 g/mol. The first-order valence-corrected chi connectivity index (χ1v) is 12.8. The summed E-state index contributed by atoms with van der Waals surface area (Å²) < 4.78 is 18.2. The lowest BCUT2D eigenvalue weighted by atomic mass is 9.75. The fourth-order valence-electron chi connectivity index (χ4n) is 4.61. The molecule has 2 aliphatic carbocycles. The van der Waals surface area contributed by atoms with E-state index in [-0.39, 0.29) is 18.1 Å². The first kappa shape index (κ1) is 29.6. The Bertz CT molecular complexity index is 533. The third-order valence-electron chi connectivity index (χ3n) is 6.59. The standard InChI is InChI=1S/C10H17FN2O2.C6H12N2O2.C6H12.C2H6/c1-5-2-3-7(11)6-4-8(10(12)14)13-15-9(5)6;1-10-6(9)8-4-2-7-3-5-8;1-2-4-6-5-3-1;1-2/h5-9,13H,2-4H2,1H3,(H2,12,14);7H,2-5H2,1H3;1-6H2;1-2H3. The highest BCUT2D eigenvalue weighted by atomic mass is 19.1. The lowest BCUT2D eigenvalue weighted by Crippen LogP contribution is -2.56. The van der Waals surface area contributed by atoms with Crippen LogP contribution in [0.3, 0.4) is 0 Å². The molecular formula is C24H47FN4O4. The molecule has 0 aromatic carbocycles. The number of rotatable bonds is 1. The van der Waals surface area contributed by atoms with Crippen molar-refractivity contribution >= 4 is 12.0 Å². The Hall–Kier alpha value is -1.45. The average Bonchev–Trinajstić information content (AvgIpc) is 2.89. The molecule has 4 fully saturated rings. The van der Waals surface area contributed by atoms with Crippen molar-refractivity contribution in [2.75, 3.05) is 33.3 Å². The number of ether oxygens (including phenoxy) is 1. The van der Waals surface area contributed by atoms with Crippen molar-refractivity contribution in [1.82, 2.24) is 15.7 Å². The molecule has 5 unspecified atom stereocenters. The zero-order valence-corrected chi connectivity index (χ0v) is 21.1. The summed E-state index contributed by atoms with van der Waals surface area (Å²) in [6.45, 7) is 9.30. The van der Waals surface area contributed by atoms with Crippen molar-refractivity contribution in [3.63, 3.8) is 0 Å². The number of carbonyl (C=O) groups excluding carboxylic acids is 2. The maximum atomic E-state index is 13.7. The largest absolute Gasteiger partial charge is 0.453 e. The molecule has 2 heterocycles. The van der Waals surface area contributed by atoms with E-state index in [4.69, 9.17) is 10.6 Å². The lowest BCUT2D eigenvalue weighted by Gasteiger charge is -2.43. The molecule has 9 heteroatoms. The van der Waals surface area contributed by atoms with Crippen molar-refractivity contribution in [3.05, 3.63) is 0 Å². The second-order valence-corrected chi connectivity index (χ2v) is 8.95. The highest BCUT2D eigenvalue weighted by Crippen LogP contribution is 2.38. The van der Waals surface area contributed by atoms with Crippen LogP contribution in [-0.4, -0.2) is 68.5 Å². The fourth-order valence-corrected chi connectivity index (χ4v) is 4.61. The fraction of sp³-hybridized carbons (Fsp3) is 0.917. The van der Waals surface area contributed by atoms with Crippen LogP contribution in [0, 0.1) is 11.8 Å². The van der Waals surface area contributed by atoms with Gasteiger partial charge >= 0.3 is 6.09 Å². The Morgan fingerprint density at radius 3 is 2.06 bits per heavy atom. The number of nitrogens with one attached hydrogen (secondary N) is 2. The maximum absolute atomic E-state index is 13.7. The van der Waals surface area contributed by atoms with Crippen molar-refractivity contribution in [2.45, 2.75) is 96.9 Å². The molecule has 33 heavy (non-hydrogen) atoms. The third kappa shape index (κ3) is 10.6. The highest BCUT2D eigenvalue weighted by Gasteiger charge is 2.44. The van der Waals surface area contributed by atoms with Crippen LogP contribution in [0.2, 0.25) is 0 Å². The number of hydrogen-bond donors (Lipinski definition) is 3. The summed E-state index contributed by atoms with van der Waals surface area (Å²) in [4.78, 5) is 28.9. The number of methoxy groups -OCH3 is 1. The summed E-state index contributed by atoms with van der Waals surface area (Å²) in [5, 5.41) is 3.14. The Kier molecular flexibility index (Phi) is 15.3. The number of primary amides is 1. The van der Waals surface area contributed by atoms with E-state index in [2.05, 4.69) is 22.5 Å². The minimum absolute atomic E-state index is 0.121. The number of halogens is 1. The van der Waals surface area contributed by atoms with Gasteiger partial charge in [0.05, 0.1) is 13.2 Å². The molecule has 2 saturated carbocycles. The monoisotopic (exact) mass is 474 g/mol. The maximum Gasteiger partial charge on any atom is 0.409 e. The van der Waals surface area contributed by atoms with Crippen molar-refractivity contribution in [3.8, 4) is 0 Å². The molecule has 2 aliphatic heterocycles. The van der Waals surface area contributed by atoms with E-state index in [1.54, 1.807) is 4.90 Å². The third-order valence-corrected chi connectivity index (χ3v) is 6.59. The van der Waals surface area contributed by atoms with Gasteiger partial charge in [0.25, 0.3) is 0 Å². The molecule has 2 saturated heterocycles. The lowest BCUT2D eigenvalue weighted by molar-refractivity contribution is -0.170. The van der Waals surface area contributed by atoms with E-state index in [0.717, 1.165) is 32.6 Å². The molecule has 4 N–H and O–H groups in total. The van der Waals surface area contributed by atoms with Crippen LogP contribution in [0.15, 0.2) is 0 Å². The molecule has 0 aromatic rings. The number of hydrogen-bond acceptors (Lipinski definition) is 6. The van der Waals surface area contributed by atoms with E-state index in [9.17, 15) is 14.0 Å². The van der Waals surface area contributed by atoms with Crippen LogP contribution in [0.4, 0.5) is 9.18 Å². The number of amides is 2. The van der Waals surface area contributed by atoms with Gasteiger partial charge in [-0.2, -0.15) is 5.48 Å². The highest BCUT2D eigenvalue weighted by molar-refractivity contribution is 5.79. The van der Waals surface area contributed by atoms with Crippen LogP contribution in [-0.2, 0) is 14.4 Å². The molecule has 5 atom stereocenters. The van der Waals surface area contributed by atoms with E-state index >= 15 is 0 Å². The van der Waals surface area contributed by atoms with E-state index in [0.29, 0.717) is 18.8 Å². The normalized spacial score (nSPS) is 31.1. The predicted octanol–water partition coefficient (Wildman–Crippen LogP) is 3.54. The van der Waals surface area contributed by atoms with Gasteiger partial charge < -0.3 is 20.7 Å². The van der Waals surface area contributed by atoms with Gasteiger partial charge in [0.2, 0.25) is 5.91 Å². The van der Waals surface area contributed by atoms with Crippen LogP contribution in [0.1, 0.15) is 78.6 Å². The summed E-state index contributed by atoms with van der Waals surface area (Å²) in [7, 11) is 1.41. The van der Waals surface area contributed by atoms with Crippen molar-refractivity contribution < 1.29 is 23.6 Å². The summed E-state index contributed by atoms with van der Waals surface area (Å²) >= 11 is 0. The second-order valence-electron chi connectivity index (χ2n) is 8.95. The SMILES string of the molecule is C1CCCCC1.CC.CC1CCC(F)C2CC(C(N)=O)NOC12.COC(=O)N1CCNCC1. The number of carbonyl (C=O) groups is 2. The summed E-state index contributed by atoms with van der Waals surface area (Å²) in [5.74, 6) is -0.324. The number of hydroxylamine groups is 1. The van der Waals surface area contributed by atoms with E-state index in [1.165, 1.54) is 45.6 Å². The van der Waals surface area contributed by atoms with Gasteiger partial charge in [-0.15, -0.1) is 0 Å². The van der Waals surface area contributed by atoms with Crippen LogP contribution < -0.4 is 16.5 Å². The van der Waals surface area contributed by atoms with Gasteiger partial charge in [0, 0.05) is 32.1 Å². The van der Waals surface area contributed by atoms with Crippen LogP contribution in [0.5, 0.6) is 0 Å². The van der Waals surface area contributed by atoms with Crippen molar-refractivity contribution in [1.29, 1.82) is 0 Å². The summed E-state index contributed by atoms with van der Waals surface area (Å²) in [5.41, 5.74) is 7.79. The first-order valence-electron chi connectivity index (χ1n) is 12.8. The number of piperazine rings is 1. The Morgan fingerprint density at radius 2 is 1.58 bits per heavy atom. The predicted molar refractivity (Wildman–Crippen MR) is 128 cm³/mol. The number of nitrogens with zero attached hydrogens (tertiary/aromatic N) is 1. The van der Waals surface area contributed by atoms with E-state index < -0.39 is 18.1 Å². The molecule has 8 nitrogen and oxygen atoms in total. The number of alkyl halides is 1. The molecule has 0 spiro atoms. The number of fused-ring (bicyclic) bond motifs is 1. The molecule has 0 bridgehead atoms. The first-order chi connectivity index (χ1) is 15.9. The van der Waals surface area contributed by atoms with Gasteiger partial charge in [0.15, 0.2) is 0 Å².